The van der Waals surface area contributed by atoms with Gasteiger partial charge < -0.3 is 20.5 Å². The molecule has 0 spiro atoms. The van der Waals surface area contributed by atoms with Gasteiger partial charge >= 0.3 is 6.03 Å². The van der Waals surface area contributed by atoms with Crippen molar-refractivity contribution in [3.05, 3.63) is 65.5 Å². The standard InChI is InChI=1S/C19H23FN2O3/c1-3-17(13-7-9-16(25-2)10-8-13)22-19(24)21-12-18(23)14-5-4-6-15(20)11-14/h4-11,17-18,23H,3,12H2,1-2H3,(H2,21,22,24). The lowest BCUT2D eigenvalue weighted by Gasteiger charge is -2.19. The average molecular weight is 346 g/mol. The maximum absolute atomic E-state index is 13.2. The zero-order valence-electron chi connectivity index (χ0n) is 14.3. The molecule has 25 heavy (non-hydrogen) atoms. The molecule has 0 heterocycles. The number of urea groups is 1. The second kappa shape index (κ2) is 9.03. The number of hydrogen-bond acceptors (Lipinski definition) is 3. The van der Waals surface area contributed by atoms with Crippen molar-refractivity contribution in [1.82, 2.24) is 10.6 Å². The lowest BCUT2D eigenvalue weighted by Crippen LogP contribution is -2.39. The zero-order valence-corrected chi connectivity index (χ0v) is 14.3. The number of aliphatic hydroxyl groups excluding tert-OH is 1. The predicted molar refractivity (Wildman–Crippen MR) is 93.9 cm³/mol. The number of aliphatic hydroxyl groups is 1. The van der Waals surface area contributed by atoms with E-state index in [9.17, 15) is 14.3 Å². The Hall–Kier alpha value is -2.60. The fourth-order valence-electron chi connectivity index (χ4n) is 2.49. The van der Waals surface area contributed by atoms with Crippen molar-refractivity contribution in [2.24, 2.45) is 0 Å². The van der Waals surface area contributed by atoms with Crippen LogP contribution in [0.5, 0.6) is 5.75 Å². The van der Waals surface area contributed by atoms with Crippen LogP contribution in [-0.2, 0) is 0 Å². The van der Waals surface area contributed by atoms with Gasteiger partial charge in [-0.15, -0.1) is 0 Å². The largest absolute Gasteiger partial charge is 0.497 e. The lowest BCUT2D eigenvalue weighted by molar-refractivity contribution is 0.172. The molecule has 3 N–H and O–H groups in total. The van der Waals surface area contributed by atoms with Gasteiger partial charge in [-0.2, -0.15) is 0 Å². The molecule has 2 atom stereocenters. The fraction of sp³-hybridized carbons (Fsp3) is 0.316. The first-order chi connectivity index (χ1) is 12.0. The molecule has 0 aromatic heterocycles. The Morgan fingerprint density at radius 1 is 1.20 bits per heavy atom. The minimum atomic E-state index is -0.970. The Bertz CT molecular complexity index is 691. The summed E-state index contributed by atoms with van der Waals surface area (Å²) in [5.41, 5.74) is 1.38. The Labute approximate surface area is 146 Å². The van der Waals surface area contributed by atoms with Gasteiger partial charge in [0, 0.05) is 6.54 Å². The predicted octanol–water partition coefficient (Wildman–Crippen LogP) is 3.32. The molecule has 2 unspecified atom stereocenters. The summed E-state index contributed by atoms with van der Waals surface area (Å²) in [6.45, 7) is 1.96. The second-order valence-electron chi connectivity index (χ2n) is 5.66. The summed E-state index contributed by atoms with van der Waals surface area (Å²) in [4.78, 5) is 12.1. The molecule has 0 radical (unpaired) electrons. The number of rotatable bonds is 7. The summed E-state index contributed by atoms with van der Waals surface area (Å²) < 4.78 is 18.3. The number of ether oxygens (including phenoxy) is 1. The first-order valence-electron chi connectivity index (χ1n) is 8.15. The Morgan fingerprint density at radius 3 is 2.52 bits per heavy atom. The highest BCUT2D eigenvalue weighted by Gasteiger charge is 2.14. The SMILES string of the molecule is CCC(NC(=O)NCC(O)c1cccc(F)c1)c1ccc(OC)cc1. The van der Waals surface area contributed by atoms with Crippen LogP contribution < -0.4 is 15.4 Å². The molecule has 134 valence electrons. The van der Waals surface area contributed by atoms with Gasteiger partial charge in [-0.05, 0) is 41.8 Å². The first kappa shape index (κ1) is 18.7. The van der Waals surface area contributed by atoms with E-state index in [1.165, 1.54) is 18.2 Å². The van der Waals surface area contributed by atoms with Gasteiger partial charge in [0.05, 0.1) is 19.3 Å². The van der Waals surface area contributed by atoms with Gasteiger partial charge in [-0.3, -0.25) is 0 Å². The molecule has 0 aliphatic carbocycles. The number of hydrogen-bond donors (Lipinski definition) is 3. The van der Waals surface area contributed by atoms with Crippen molar-refractivity contribution in [1.29, 1.82) is 0 Å². The van der Waals surface area contributed by atoms with Gasteiger partial charge in [-0.25, -0.2) is 9.18 Å². The maximum atomic E-state index is 13.2. The first-order valence-corrected chi connectivity index (χ1v) is 8.15. The van der Waals surface area contributed by atoms with Crippen LogP contribution in [-0.4, -0.2) is 24.8 Å². The summed E-state index contributed by atoms with van der Waals surface area (Å²) >= 11 is 0. The molecule has 2 aromatic rings. The Morgan fingerprint density at radius 2 is 1.92 bits per heavy atom. The van der Waals surface area contributed by atoms with Crippen LogP contribution in [0, 0.1) is 5.82 Å². The van der Waals surface area contributed by atoms with Crippen LogP contribution in [0.25, 0.3) is 0 Å². The Kier molecular flexibility index (Phi) is 6.77. The number of amides is 2. The quantitative estimate of drug-likeness (QED) is 0.720. The Balaban J connectivity index is 1.89. The van der Waals surface area contributed by atoms with Gasteiger partial charge in [0.15, 0.2) is 0 Å². The molecular weight excluding hydrogens is 323 g/mol. The third-order valence-electron chi connectivity index (χ3n) is 3.92. The van der Waals surface area contributed by atoms with Crippen molar-refractivity contribution in [3.8, 4) is 5.75 Å². The molecule has 6 heteroatoms. The fourth-order valence-corrected chi connectivity index (χ4v) is 2.49. The molecule has 0 saturated heterocycles. The number of carbonyl (C=O) groups excluding carboxylic acids is 1. The molecule has 0 bridgehead atoms. The number of carbonyl (C=O) groups is 1. The van der Waals surface area contributed by atoms with Crippen LogP contribution in [0.4, 0.5) is 9.18 Å². The molecule has 0 aliphatic heterocycles. The summed E-state index contributed by atoms with van der Waals surface area (Å²) in [6, 6.07) is 12.6. The summed E-state index contributed by atoms with van der Waals surface area (Å²) in [7, 11) is 1.60. The molecule has 2 aromatic carbocycles. The third kappa shape index (κ3) is 5.46. The van der Waals surface area contributed by atoms with E-state index in [4.69, 9.17) is 4.74 Å². The van der Waals surface area contributed by atoms with E-state index in [1.54, 1.807) is 13.2 Å². The van der Waals surface area contributed by atoms with E-state index in [2.05, 4.69) is 10.6 Å². The maximum Gasteiger partial charge on any atom is 0.315 e. The minimum Gasteiger partial charge on any atom is -0.497 e. The van der Waals surface area contributed by atoms with Crippen LogP contribution in [0.3, 0.4) is 0 Å². The molecule has 0 saturated carbocycles. The summed E-state index contributed by atoms with van der Waals surface area (Å²) in [5.74, 6) is 0.327. The molecule has 0 fully saturated rings. The van der Waals surface area contributed by atoms with Crippen LogP contribution in [0.15, 0.2) is 48.5 Å². The third-order valence-corrected chi connectivity index (χ3v) is 3.92. The van der Waals surface area contributed by atoms with Gasteiger partial charge in [-0.1, -0.05) is 31.2 Å². The monoisotopic (exact) mass is 346 g/mol. The topological polar surface area (TPSA) is 70.6 Å². The molecule has 2 amide bonds. The van der Waals surface area contributed by atoms with Crippen LogP contribution in [0.1, 0.15) is 36.6 Å². The number of halogens is 1. The molecule has 0 aliphatic rings. The van der Waals surface area contributed by atoms with Gasteiger partial charge in [0.2, 0.25) is 0 Å². The van der Waals surface area contributed by atoms with Gasteiger partial charge in [0.1, 0.15) is 11.6 Å². The molecule has 5 nitrogen and oxygen atoms in total. The highest BCUT2D eigenvalue weighted by atomic mass is 19.1. The molecule has 2 rings (SSSR count). The minimum absolute atomic E-state index is 0.00562. The van der Waals surface area contributed by atoms with Crippen molar-refractivity contribution in [2.45, 2.75) is 25.5 Å². The van der Waals surface area contributed by atoms with E-state index in [1.807, 2.05) is 31.2 Å². The van der Waals surface area contributed by atoms with E-state index in [0.29, 0.717) is 12.0 Å². The molecular formula is C19H23FN2O3. The zero-order chi connectivity index (χ0) is 18.2. The average Bonchev–Trinajstić information content (AvgIpc) is 2.64. The van der Waals surface area contributed by atoms with Crippen molar-refractivity contribution in [3.63, 3.8) is 0 Å². The van der Waals surface area contributed by atoms with E-state index < -0.39 is 18.0 Å². The normalized spacial score (nSPS) is 13.0. The number of benzene rings is 2. The number of nitrogens with one attached hydrogen (secondary N) is 2. The van der Waals surface area contributed by atoms with Crippen molar-refractivity contribution >= 4 is 6.03 Å². The van der Waals surface area contributed by atoms with E-state index in [-0.39, 0.29) is 12.6 Å². The van der Waals surface area contributed by atoms with E-state index >= 15 is 0 Å². The van der Waals surface area contributed by atoms with E-state index in [0.717, 1.165) is 11.3 Å². The second-order valence-corrected chi connectivity index (χ2v) is 5.66. The highest BCUT2D eigenvalue weighted by molar-refractivity contribution is 5.74. The van der Waals surface area contributed by atoms with Crippen molar-refractivity contribution < 1.29 is 19.0 Å². The van der Waals surface area contributed by atoms with Crippen LogP contribution >= 0.6 is 0 Å². The smallest absolute Gasteiger partial charge is 0.315 e. The summed E-state index contributed by atoms with van der Waals surface area (Å²) in [6.07, 6.45) is -0.255. The lowest BCUT2D eigenvalue weighted by atomic mass is 10.0. The number of methoxy groups -OCH3 is 1. The highest BCUT2D eigenvalue weighted by Crippen LogP contribution is 2.20. The summed E-state index contributed by atoms with van der Waals surface area (Å²) in [5, 5.41) is 15.5. The van der Waals surface area contributed by atoms with Gasteiger partial charge in [0.25, 0.3) is 0 Å². The van der Waals surface area contributed by atoms with Crippen molar-refractivity contribution in [2.75, 3.05) is 13.7 Å². The van der Waals surface area contributed by atoms with Crippen LogP contribution in [0.2, 0.25) is 0 Å².